The predicted molar refractivity (Wildman–Crippen MR) is 217 cm³/mol. The molecular weight excluding hydrogens is 678 g/mol. The number of hydrogen-bond acceptors (Lipinski definition) is 4. The van der Waals surface area contributed by atoms with Crippen molar-refractivity contribution in [1.29, 1.82) is 0 Å². The number of benzene rings is 6. The minimum atomic E-state index is -1.28. The fourth-order valence-corrected chi connectivity index (χ4v) is 11.3. The minimum Gasteiger partial charge on any atom is -0.435 e. The van der Waals surface area contributed by atoms with Crippen LogP contribution in [0.4, 0.5) is 11.4 Å². The number of hydrogen-bond donors (Lipinski definition) is 0. The molecule has 6 aromatic carbocycles. The van der Waals surface area contributed by atoms with Crippen molar-refractivity contribution in [2.45, 2.75) is 12.8 Å². The zero-order valence-corrected chi connectivity index (χ0v) is 30.3. The smallest absolute Gasteiger partial charge is 0.313 e. The van der Waals surface area contributed by atoms with Crippen LogP contribution in [-0.4, -0.2) is 21.8 Å². The van der Waals surface area contributed by atoms with Gasteiger partial charge in [0.25, 0.3) is 0 Å². The summed E-state index contributed by atoms with van der Waals surface area (Å²) in [6, 6.07) is 51.8. The molecule has 8 aromatic rings. The quantitative estimate of drug-likeness (QED) is 0.139. The lowest BCUT2D eigenvalue weighted by atomic mass is 9.92. The SMILES string of the molecule is c1ccc2c(c1)CCN2P(Oc1ccc2ccccc2c1-c1c(OP(N2CCc3ccccc32)n2cccc2)ccc2ccccc12)n1cccc1. The summed E-state index contributed by atoms with van der Waals surface area (Å²) in [5.41, 5.74) is 7.28. The van der Waals surface area contributed by atoms with Crippen molar-refractivity contribution in [2.24, 2.45) is 0 Å². The van der Waals surface area contributed by atoms with Gasteiger partial charge in [0.2, 0.25) is 0 Å². The van der Waals surface area contributed by atoms with E-state index >= 15 is 0 Å². The summed E-state index contributed by atoms with van der Waals surface area (Å²) in [4.78, 5) is 0. The van der Waals surface area contributed by atoms with E-state index in [9.17, 15) is 0 Å². The van der Waals surface area contributed by atoms with E-state index in [4.69, 9.17) is 9.05 Å². The fourth-order valence-electron chi connectivity index (χ4n) is 7.67. The van der Waals surface area contributed by atoms with Crippen molar-refractivity contribution in [3.63, 3.8) is 0 Å². The molecule has 52 heavy (non-hydrogen) atoms. The van der Waals surface area contributed by atoms with Crippen molar-refractivity contribution in [3.8, 4) is 22.6 Å². The monoisotopic (exact) mass is 714 g/mol. The highest BCUT2D eigenvalue weighted by Gasteiger charge is 2.34. The second-order valence-electron chi connectivity index (χ2n) is 13.1. The van der Waals surface area contributed by atoms with Crippen LogP contribution >= 0.6 is 16.9 Å². The van der Waals surface area contributed by atoms with Gasteiger partial charge in [-0.1, -0.05) is 97.1 Å². The van der Waals surface area contributed by atoms with E-state index in [1.165, 1.54) is 22.5 Å². The molecule has 0 amide bonds. The molecule has 2 atom stereocenters. The van der Waals surface area contributed by atoms with Gasteiger partial charge in [-0.25, -0.2) is 0 Å². The second-order valence-corrected chi connectivity index (χ2v) is 16.4. The highest BCUT2D eigenvalue weighted by molar-refractivity contribution is 7.53. The number of para-hydroxylation sites is 2. The topological polar surface area (TPSA) is 34.8 Å². The predicted octanol–water partition coefficient (Wildman–Crippen LogP) is 11.7. The van der Waals surface area contributed by atoms with E-state index in [1.54, 1.807) is 0 Å². The molecule has 0 aliphatic carbocycles. The number of aromatic nitrogens is 2. The highest BCUT2D eigenvalue weighted by atomic mass is 31.2. The normalized spacial score (nSPS) is 14.8. The van der Waals surface area contributed by atoms with E-state index in [1.807, 2.05) is 0 Å². The molecule has 0 bridgehead atoms. The first kappa shape index (κ1) is 31.2. The maximum Gasteiger partial charge on any atom is 0.313 e. The largest absolute Gasteiger partial charge is 0.435 e. The van der Waals surface area contributed by atoms with Crippen LogP contribution < -0.4 is 18.4 Å². The third-order valence-electron chi connectivity index (χ3n) is 10.1. The van der Waals surface area contributed by atoms with E-state index in [-0.39, 0.29) is 0 Å². The Hall–Kier alpha value is -5.54. The lowest BCUT2D eigenvalue weighted by Gasteiger charge is -2.32. The standard InChI is InChI=1S/C44H36N4O2P2/c1-5-17-37-33(13-1)21-23-41(49-51(45-27-9-10-28-45)47-31-25-35-15-3-7-19-39(35)47)43(37)44-38-18-6-2-14-34(38)22-24-42(44)50-52(46-29-11-12-30-46)48-32-26-36-16-4-8-20-40(36)48/h1-24,27-30H,25-26,31-32H2. The molecule has 254 valence electrons. The van der Waals surface area contributed by atoms with Crippen molar-refractivity contribution in [3.05, 3.63) is 182 Å². The molecule has 10 rings (SSSR count). The average molecular weight is 715 g/mol. The Kier molecular flexibility index (Phi) is 7.93. The van der Waals surface area contributed by atoms with E-state index in [2.05, 4.69) is 188 Å². The van der Waals surface area contributed by atoms with Gasteiger partial charge in [0.05, 0.1) is 0 Å². The first-order valence-corrected chi connectivity index (χ1v) is 20.1. The zero-order chi connectivity index (χ0) is 34.4. The van der Waals surface area contributed by atoms with Gasteiger partial charge < -0.3 is 18.4 Å². The van der Waals surface area contributed by atoms with Crippen molar-refractivity contribution >= 4 is 49.8 Å². The van der Waals surface area contributed by atoms with Gasteiger partial charge >= 0.3 is 16.9 Å². The molecule has 2 unspecified atom stereocenters. The van der Waals surface area contributed by atoms with Crippen LogP contribution in [0.25, 0.3) is 32.7 Å². The Morgan fingerprint density at radius 1 is 0.404 bits per heavy atom. The third-order valence-corrected chi connectivity index (χ3v) is 13.8. The van der Waals surface area contributed by atoms with Crippen LogP contribution in [0.2, 0.25) is 0 Å². The molecule has 0 saturated carbocycles. The Bertz CT molecular complexity index is 2360. The van der Waals surface area contributed by atoms with E-state index in [0.29, 0.717) is 0 Å². The Labute approximate surface area is 306 Å². The third kappa shape index (κ3) is 5.42. The first-order chi connectivity index (χ1) is 25.8. The van der Waals surface area contributed by atoms with Gasteiger partial charge in [0.15, 0.2) is 0 Å². The number of nitrogens with zero attached hydrogens (tertiary/aromatic N) is 4. The fraction of sp³-hybridized carbons (Fsp3) is 0.0909. The molecule has 6 nitrogen and oxygen atoms in total. The van der Waals surface area contributed by atoms with Gasteiger partial charge in [-0.2, -0.15) is 0 Å². The van der Waals surface area contributed by atoms with Crippen molar-refractivity contribution in [1.82, 2.24) is 8.68 Å². The molecule has 2 aliphatic rings. The van der Waals surface area contributed by atoms with Crippen molar-refractivity contribution in [2.75, 3.05) is 22.4 Å². The molecular formula is C44H36N4O2P2. The lowest BCUT2D eigenvalue weighted by Crippen LogP contribution is -2.21. The van der Waals surface area contributed by atoms with E-state index in [0.717, 1.165) is 70.1 Å². The van der Waals surface area contributed by atoms with Crippen molar-refractivity contribution < 1.29 is 9.05 Å². The Morgan fingerprint density at radius 3 is 1.27 bits per heavy atom. The molecule has 4 heterocycles. The number of anilines is 2. The molecule has 8 heteroatoms. The van der Waals surface area contributed by atoms with Crippen LogP contribution in [0.3, 0.4) is 0 Å². The van der Waals surface area contributed by atoms with Crippen LogP contribution in [0, 0.1) is 0 Å². The molecule has 0 N–H and O–H groups in total. The summed E-state index contributed by atoms with van der Waals surface area (Å²) in [7, 11) is -2.56. The molecule has 0 saturated heterocycles. The van der Waals surface area contributed by atoms with E-state index < -0.39 is 16.9 Å². The molecule has 2 aromatic heterocycles. The van der Waals surface area contributed by atoms with Gasteiger partial charge in [0, 0.05) is 60.4 Å². The molecule has 0 fully saturated rings. The molecule has 2 aliphatic heterocycles. The summed E-state index contributed by atoms with van der Waals surface area (Å²) >= 11 is 0. The minimum absolute atomic E-state index is 0.834. The molecule has 0 radical (unpaired) electrons. The summed E-state index contributed by atoms with van der Waals surface area (Å²) < 4.78 is 24.2. The van der Waals surface area contributed by atoms with Gasteiger partial charge in [-0.3, -0.25) is 8.68 Å². The summed E-state index contributed by atoms with van der Waals surface area (Å²) in [6.45, 7) is 1.79. The summed E-state index contributed by atoms with van der Waals surface area (Å²) in [5, 5.41) is 4.56. The second kappa shape index (κ2) is 13.2. The highest BCUT2D eigenvalue weighted by Crippen LogP contribution is 2.56. The van der Waals surface area contributed by atoms with Crippen LogP contribution in [0.5, 0.6) is 11.5 Å². The number of rotatable bonds is 9. The average Bonchev–Trinajstić information content (AvgIpc) is 4.04. The maximum atomic E-state index is 7.41. The maximum absolute atomic E-state index is 7.41. The van der Waals surface area contributed by atoms with Crippen LogP contribution in [-0.2, 0) is 12.8 Å². The summed E-state index contributed by atoms with van der Waals surface area (Å²) in [5.74, 6) is 1.67. The van der Waals surface area contributed by atoms with Gasteiger partial charge in [-0.15, -0.1) is 0 Å². The van der Waals surface area contributed by atoms with Gasteiger partial charge in [0.1, 0.15) is 11.5 Å². The lowest BCUT2D eigenvalue weighted by molar-refractivity contribution is 0.593. The Morgan fingerprint density at radius 2 is 0.808 bits per heavy atom. The van der Waals surface area contributed by atoms with Gasteiger partial charge in [-0.05, 0) is 94.0 Å². The molecule has 0 spiro atoms. The van der Waals surface area contributed by atoms with Crippen LogP contribution in [0.1, 0.15) is 11.1 Å². The summed E-state index contributed by atoms with van der Waals surface area (Å²) in [6.07, 6.45) is 10.5. The Balaban J connectivity index is 1.17. The zero-order valence-electron chi connectivity index (χ0n) is 28.5. The first-order valence-electron chi connectivity index (χ1n) is 17.8. The van der Waals surface area contributed by atoms with Crippen LogP contribution in [0.15, 0.2) is 170 Å². The number of fused-ring (bicyclic) bond motifs is 4.